The van der Waals surface area contributed by atoms with E-state index in [9.17, 15) is 9.59 Å². The van der Waals surface area contributed by atoms with Crippen molar-refractivity contribution in [3.05, 3.63) is 12.2 Å². The summed E-state index contributed by atoms with van der Waals surface area (Å²) in [4.78, 5) is 24.1. The topological polar surface area (TPSA) is 100 Å². The lowest BCUT2D eigenvalue weighted by atomic mass is 10.3. The van der Waals surface area contributed by atoms with Crippen molar-refractivity contribution < 1.29 is 14.7 Å². The summed E-state index contributed by atoms with van der Waals surface area (Å²) in [7, 11) is 1.77. The maximum Gasteiger partial charge on any atom is 0.327 e. The minimum Gasteiger partial charge on any atom is -0.480 e. The molecule has 2 N–H and O–H groups in total. The van der Waals surface area contributed by atoms with Crippen LogP contribution in [0.25, 0.3) is 0 Å². The second-order valence-electron chi connectivity index (χ2n) is 3.84. The lowest BCUT2D eigenvalue weighted by Gasteiger charge is -2.20. The summed E-state index contributed by atoms with van der Waals surface area (Å²) in [6, 6.07) is -1.15. The highest BCUT2D eigenvalue weighted by atomic mass is 32.2. The van der Waals surface area contributed by atoms with Gasteiger partial charge in [-0.05, 0) is 0 Å². The number of thioether (sulfide) groups is 1. The Labute approximate surface area is 107 Å². The number of carbonyl (C=O) groups excluding carboxylic acids is 1. The summed E-state index contributed by atoms with van der Waals surface area (Å²) >= 11 is 1.42. The number of amides is 2. The Morgan fingerprint density at radius 3 is 3.06 bits per heavy atom. The Morgan fingerprint density at radius 2 is 2.44 bits per heavy atom. The van der Waals surface area contributed by atoms with Crippen LogP contribution in [-0.2, 0) is 18.4 Å². The fourth-order valence-corrected chi connectivity index (χ4v) is 2.72. The zero-order valence-electron chi connectivity index (χ0n) is 9.74. The minimum atomic E-state index is -0.978. The van der Waals surface area contributed by atoms with E-state index in [4.69, 9.17) is 5.11 Å². The molecule has 0 aromatic carbocycles. The number of aromatic nitrogens is 3. The van der Waals surface area contributed by atoms with E-state index in [1.54, 1.807) is 11.6 Å². The van der Waals surface area contributed by atoms with Gasteiger partial charge in [-0.2, -0.15) is 0 Å². The largest absolute Gasteiger partial charge is 0.480 e. The number of hydrogen-bond donors (Lipinski definition) is 2. The predicted molar refractivity (Wildman–Crippen MR) is 63.8 cm³/mol. The second kappa shape index (κ2) is 5.25. The van der Waals surface area contributed by atoms with Crippen LogP contribution < -0.4 is 5.32 Å². The van der Waals surface area contributed by atoms with Gasteiger partial charge in [0.15, 0.2) is 5.82 Å². The second-order valence-corrected chi connectivity index (χ2v) is 4.84. The van der Waals surface area contributed by atoms with Crippen LogP contribution in [0.1, 0.15) is 5.82 Å². The highest BCUT2D eigenvalue weighted by Crippen LogP contribution is 2.20. The molecule has 0 spiro atoms. The van der Waals surface area contributed by atoms with E-state index >= 15 is 0 Å². The first-order chi connectivity index (χ1) is 8.59. The Hall–Kier alpha value is -1.77. The zero-order chi connectivity index (χ0) is 13.1. The molecule has 0 saturated carbocycles. The summed E-state index contributed by atoms with van der Waals surface area (Å²) < 4.78 is 1.69. The van der Waals surface area contributed by atoms with Crippen LogP contribution in [-0.4, -0.2) is 54.4 Å². The number of carbonyl (C=O) groups is 2. The minimum absolute atomic E-state index is 0.225. The summed E-state index contributed by atoms with van der Waals surface area (Å²) in [5.41, 5.74) is 0. The molecule has 0 unspecified atom stereocenters. The molecule has 18 heavy (non-hydrogen) atoms. The van der Waals surface area contributed by atoms with Gasteiger partial charge in [-0.25, -0.2) is 9.59 Å². The van der Waals surface area contributed by atoms with Crippen molar-refractivity contribution in [3.63, 3.8) is 0 Å². The fraction of sp³-hybridized carbons (Fsp3) is 0.556. The zero-order valence-corrected chi connectivity index (χ0v) is 10.6. The van der Waals surface area contributed by atoms with Crippen molar-refractivity contribution in [1.29, 1.82) is 0 Å². The third-order valence-electron chi connectivity index (χ3n) is 2.63. The molecule has 98 valence electrons. The van der Waals surface area contributed by atoms with E-state index < -0.39 is 18.0 Å². The van der Waals surface area contributed by atoms with Crippen molar-refractivity contribution in [2.24, 2.45) is 7.05 Å². The third kappa shape index (κ3) is 2.55. The van der Waals surface area contributed by atoms with Gasteiger partial charge in [0.2, 0.25) is 0 Å². The SMILES string of the molecule is Cn1cnnc1CNC(=O)N1CSC[C@H]1C(=O)O. The molecule has 1 aromatic rings. The Kier molecular flexibility index (Phi) is 3.70. The number of nitrogens with zero attached hydrogens (tertiary/aromatic N) is 4. The molecule has 0 aliphatic carbocycles. The number of urea groups is 1. The van der Waals surface area contributed by atoms with Gasteiger partial charge in [-0.15, -0.1) is 22.0 Å². The Morgan fingerprint density at radius 1 is 1.67 bits per heavy atom. The first kappa shape index (κ1) is 12.7. The van der Waals surface area contributed by atoms with Gasteiger partial charge in [0.1, 0.15) is 12.4 Å². The molecule has 2 heterocycles. The van der Waals surface area contributed by atoms with Crippen LogP contribution in [0.2, 0.25) is 0 Å². The van der Waals surface area contributed by atoms with Crippen LogP contribution in [0.3, 0.4) is 0 Å². The molecule has 1 aliphatic rings. The van der Waals surface area contributed by atoms with E-state index in [0.717, 1.165) is 0 Å². The number of carboxylic acids is 1. The predicted octanol–water partition coefficient (Wildman–Crippen LogP) is -0.516. The first-order valence-electron chi connectivity index (χ1n) is 5.27. The molecular weight excluding hydrogens is 258 g/mol. The summed E-state index contributed by atoms with van der Waals surface area (Å²) in [5, 5.41) is 19.1. The lowest BCUT2D eigenvalue weighted by molar-refractivity contribution is -0.140. The van der Waals surface area contributed by atoms with Crippen molar-refractivity contribution in [2.45, 2.75) is 12.6 Å². The van der Waals surface area contributed by atoms with Crippen molar-refractivity contribution in [3.8, 4) is 0 Å². The molecule has 0 radical (unpaired) electrons. The molecule has 1 saturated heterocycles. The quantitative estimate of drug-likeness (QED) is 0.767. The van der Waals surface area contributed by atoms with Crippen LogP contribution in [0.4, 0.5) is 4.79 Å². The van der Waals surface area contributed by atoms with E-state index in [-0.39, 0.29) is 6.54 Å². The van der Waals surface area contributed by atoms with Gasteiger partial charge in [-0.1, -0.05) is 0 Å². The Balaban J connectivity index is 1.92. The van der Waals surface area contributed by atoms with E-state index in [1.807, 2.05) is 0 Å². The monoisotopic (exact) mass is 271 g/mol. The fourth-order valence-electron chi connectivity index (χ4n) is 1.57. The molecule has 2 amide bonds. The van der Waals surface area contributed by atoms with Gasteiger partial charge in [-0.3, -0.25) is 0 Å². The van der Waals surface area contributed by atoms with Crippen LogP contribution in [0, 0.1) is 0 Å². The van der Waals surface area contributed by atoms with Gasteiger partial charge in [0.25, 0.3) is 0 Å². The van der Waals surface area contributed by atoms with Crippen molar-refractivity contribution >= 4 is 23.8 Å². The molecule has 2 rings (SSSR count). The maximum absolute atomic E-state index is 11.8. The molecule has 1 aromatic heterocycles. The van der Waals surface area contributed by atoms with Crippen molar-refractivity contribution in [2.75, 3.05) is 11.6 Å². The molecular formula is C9H13N5O3S. The number of nitrogens with one attached hydrogen (secondary N) is 1. The van der Waals surface area contributed by atoms with Crippen LogP contribution in [0.15, 0.2) is 6.33 Å². The maximum atomic E-state index is 11.8. The van der Waals surface area contributed by atoms with Gasteiger partial charge >= 0.3 is 12.0 Å². The molecule has 1 aliphatic heterocycles. The Bertz CT molecular complexity index is 463. The highest BCUT2D eigenvalue weighted by Gasteiger charge is 2.34. The van der Waals surface area contributed by atoms with E-state index in [2.05, 4.69) is 15.5 Å². The summed E-state index contributed by atoms with van der Waals surface area (Å²) in [6.45, 7) is 0.225. The summed E-state index contributed by atoms with van der Waals surface area (Å²) in [6.07, 6.45) is 1.53. The molecule has 9 heteroatoms. The molecule has 0 bridgehead atoms. The lowest BCUT2D eigenvalue weighted by Crippen LogP contribution is -2.46. The average Bonchev–Trinajstić information content (AvgIpc) is 2.94. The third-order valence-corrected chi connectivity index (χ3v) is 3.64. The smallest absolute Gasteiger partial charge is 0.327 e. The van der Waals surface area contributed by atoms with E-state index in [0.29, 0.717) is 17.5 Å². The van der Waals surface area contributed by atoms with Gasteiger partial charge in [0.05, 0.1) is 12.4 Å². The summed E-state index contributed by atoms with van der Waals surface area (Å²) in [5.74, 6) is 0.449. The molecule has 1 atom stereocenters. The molecule has 1 fully saturated rings. The number of rotatable bonds is 3. The normalized spacial score (nSPS) is 18.9. The van der Waals surface area contributed by atoms with Crippen LogP contribution >= 0.6 is 11.8 Å². The first-order valence-corrected chi connectivity index (χ1v) is 6.43. The van der Waals surface area contributed by atoms with Crippen LogP contribution in [0.5, 0.6) is 0 Å². The number of aryl methyl sites for hydroxylation is 1. The number of aliphatic carboxylic acids is 1. The highest BCUT2D eigenvalue weighted by molar-refractivity contribution is 7.99. The van der Waals surface area contributed by atoms with E-state index in [1.165, 1.54) is 23.0 Å². The van der Waals surface area contributed by atoms with Crippen molar-refractivity contribution in [1.82, 2.24) is 25.0 Å². The van der Waals surface area contributed by atoms with Gasteiger partial charge < -0.3 is 19.9 Å². The number of carboxylic acid groups (broad SMARTS) is 1. The molecule has 8 nitrogen and oxygen atoms in total. The van der Waals surface area contributed by atoms with Gasteiger partial charge in [0, 0.05) is 12.8 Å². The average molecular weight is 271 g/mol. The number of hydrogen-bond acceptors (Lipinski definition) is 5. The standard InChI is InChI=1S/C9H13N5O3S/c1-13-4-11-12-7(13)2-10-9(17)14-5-18-3-6(14)8(15)16/h4,6H,2-3,5H2,1H3,(H,10,17)(H,15,16)/t6-/m0/s1.